The van der Waals surface area contributed by atoms with Gasteiger partial charge >= 0.3 is 5.97 Å². The van der Waals surface area contributed by atoms with Gasteiger partial charge in [-0.2, -0.15) is 0 Å². The predicted molar refractivity (Wildman–Crippen MR) is 135 cm³/mol. The van der Waals surface area contributed by atoms with Gasteiger partial charge in [-0.15, -0.1) is 0 Å². The van der Waals surface area contributed by atoms with E-state index in [9.17, 15) is 19.5 Å². The Morgan fingerprint density at radius 2 is 1.89 bits per heavy atom. The number of aliphatic hydroxyl groups excluding tert-OH is 1. The number of hydrogen-bond acceptors (Lipinski definition) is 7. The van der Waals surface area contributed by atoms with Crippen LogP contribution in [0.25, 0.3) is 0 Å². The Bertz CT molecular complexity index is 1080. The molecule has 1 unspecified atom stereocenters. The first-order valence-electron chi connectivity index (χ1n) is 13.1. The quantitative estimate of drug-likeness (QED) is 0.355. The summed E-state index contributed by atoms with van der Waals surface area (Å²) in [6, 6.07) is 6.25. The van der Waals surface area contributed by atoms with Crippen LogP contribution in [0, 0.1) is 11.8 Å². The van der Waals surface area contributed by atoms with E-state index in [1.807, 2.05) is 36.4 Å². The largest absolute Gasteiger partial charge is 0.497 e. The van der Waals surface area contributed by atoms with Gasteiger partial charge in [0, 0.05) is 25.4 Å². The normalized spacial score (nSPS) is 32.3. The number of carbonyl (C=O) groups excluding carboxylic acids is 3. The molecular formula is C28H34N2O7. The number of fused-ring (bicyclic) bond motifs is 2. The zero-order valence-corrected chi connectivity index (χ0v) is 21.1. The third-order valence-electron chi connectivity index (χ3n) is 7.79. The van der Waals surface area contributed by atoms with Crippen molar-refractivity contribution in [3.05, 3.63) is 48.6 Å². The van der Waals surface area contributed by atoms with Gasteiger partial charge in [-0.25, -0.2) is 0 Å². The van der Waals surface area contributed by atoms with Crippen molar-refractivity contribution in [2.75, 3.05) is 38.3 Å². The van der Waals surface area contributed by atoms with Crippen molar-refractivity contribution < 1.29 is 33.7 Å². The molecule has 1 aromatic carbocycles. The third kappa shape index (κ3) is 4.44. The minimum atomic E-state index is -1.29. The molecule has 1 spiro atoms. The average Bonchev–Trinajstić information content (AvgIpc) is 3.29. The second kappa shape index (κ2) is 10.7. The van der Waals surface area contributed by atoms with Gasteiger partial charge in [0.15, 0.2) is 0 Å². The van der Waals surface area contributed by atoms with Crippen LogP contribution in [0.1, 0.15) is 32.1 Å². The number of amides is 2. The van der Waals surface area contributed by atoms with Gasteiger partial charge in [0.05, 0.1) is 25.7 Å². The first kappa shape index (κ1) is 25.5. The fourth-order valence-corrected chi connectivity index (χ4v) is 6.04. The van der Waals surface area contributed by atoms with Gasteiger partial charge in [0.1, 0.15) is 23.3 Å². The number of methoxy groups -OCH3 is 1. The summed E-state index contributed by atoms with van der Waals surface area (Å²) in [5.41, 5.74) is -0.614. The third-order valence-corrected chi connectivity index (χ3v) is 7.79. The van der Waals surface area contributed by atoms with E-state index in [0.717, 1.165) is 19.3 Å². The Kier molecular flexibility index (Phi) is 7.35. The number of carbonyl (C=O) groups is 3. The number of ether oxygens (including phenoxy) is 3. The van der Waals surface area contributed by atoms with Crippen molar-refractivity contribution in [1.82, 2.24) is 4.90 Å². The van der Waals surface area contributed by atoms with E-state index >= 15 is 0 Å². The second-order valence-corrected chi connectivity index (χ2v) is 9.95. The Balaban J connectivity index is 1.56. The number of allylic oxidation sites excluding steroid dienone is 1. The standard InChI is InChI=1S/C28H34N2O7/c1-35-20-12-10-19(11-13-20)29-16-8-14-28-23(25(32)30(15-5-6-17-31)24(28)26(29)33)22-21(37-28)9-4-2-3-7-18-36-27(22)34/h4,8-14,21-24,31H,2-3,5-7,15-18H2,1H3/b9-4-/t21-,22+,23+,24?,28+/m1/s1. The molecule has 9 heteroatoms. The van der Waals surface area contributed by atoms with Gasteiger partial charge in [-0.1, -0.05) is 24.3 Å². The van der Waals surface area contributed by atoms with Crippen molar-refractivity contribution in [1.29, 1.82) is 0 Å². The smallest absolute Gasteiger partial charge is 0.312 e. The highest BCUT2D eigenvalue weighted by Crippen LogP contribution is 2.53. The number of unbranched alkanes of at least 4 members (excludes halogenated alkanes) is 1. The summed E-state index contributed by atoms with van der Waals surface area (Å²) in [5.74, 6) is -2.04. The lowest BCUT2D eigenvalue weighted by molar-refractivity contribution is -0.154. The van der Waals surface area contributed by atoms with E-state index in [1.54, 1.807) is 29.0 Å². The molecule has 37 heavy (non-hydrogen) atoms. The first-order chi connectivity index (χ1) is 18.0. The molecule has 0 radical (unpaired) electrons. The van der Waals surface area contributed by atoms with Crippen LogP contribution in [0.5, 0.6) is 5.75 Å². The highest BCUT2D eigenvalue weighted by Gasteiger charge is 2.71. The summed E-state index contributed by atoms with van der Waals surface area (Å²) in [7, 11) is 1.58. The van der Waals surface area contributed by atoms with E-state index in [4.69, 9.17) is 14.2 Å². The molecule has 1 N–H and O–H groups in total. The lowest BCUT2D eigenvalue weighted by atomic mass is 9.78. The van der Waals surface area contributed by atoms with Crippen molar-refractivity contribution in [2.45, 2.75) is 49.9 Å². The molecule has 1 aromatic rings. The minimum absolute atomic E-state index is 0.00852. The Labute approximate surface area is 216 Å². The molecule has 5 atom stereocenters. The summed E-state index contributed by atoms with van der Waals surface area (Å²) < 4.78 is 17.4. The van der Waals surface area contributed by atoms with Crippen LogP contribution >= 0.6 is 0 Å². The molecule has 0 aliphatic carbocycles. The maximum absolute atomic E-state index is 14.2. The van der Waals surface area contributed by atoms with Crippen molar-refractivity contribution >= 4 is 23.5 Å². The summed E-state index contributed by atoms with van der Waals surface area (Å²) in [5, 5.41) is 9.33. The zero-order valence-electron chi connectivity index (χ0n) is 21.1. The van der Waals surface area contributed by atoms with Gasteiger partial charge in [0.25, 0.3) is 5.91 Å². The number of rotatable bonds is 6. The number of benzene rings is 1. The molecule has 0 saturated carbocycles. The van der Waals surface area contributed by atoms with Gasteiger partial charge < -0.3 is 29.1 Å². The van der Waals surface area contributed by atoms with Crippen LogP contribution in [0.4, 0.5) is 5.69 Å². The monoisotopic (exact) mass is 510 g/mol. The van der Waals surface area contributed by atoms with Crippen molar-refractivity contribution in [2.24, 2.45) is 11.8 Å². The maximum Gasteiger partial charge on any atom is 0.312 e. The first-order valence-corrected chi connectivity index (χ1v) is 13.1. The zero-order chi connectivity index (χ0) is 26.0. The predicted octanol–water partition coefficient (Wildman–Crippen LogP) is 2.23. The number of esters is 1. The molecule has 2 amide bonds. The van der Waals surface area contributed by atoms with Crippen LogP contribution in [0.2, 0.25) is 0 Å². The fraction of sp³-hybridized carbons (Fsp3) is 0.536. The molecule has 4 aliphatic rings. The van der Waals surface area contributed by atoms with Crippen LogP contribution in [0.3, 0.4) is 0 Å². The van der Waals surface area contributed by atoms with Crippen molar-refractivity contribution in [3.63, 3.8) is 0 Å². The molecule has 2 fully saturated rings. The number of anilines is 1. The van der Waals surface area contributed by atoms with Crippen LogP contribution in [-0.2, 0) is 23.9 Å². The lowest BCUT2D eigenvalue weighted by Crippen LogP contribution is -2.55. The molecule has 4 heterocycles. The second-order valence-electron chi connectivity index (χ2n) is 9.95. The number of cyclic esters (lactones) is 1. The maximum atomic E-state index is 14.2. The molecular weight excluding hydrogens is 476 g/mol. The van der Waals surface area contributed by atoms with E-state index in [1.165, 1.54) is 0 Å². The highest BCUT2D eigenvalue weighted by atomic mass is 16.6. The van der Waals surface area contributed by atoms with E-state index in [0.29, 0.717) is 37.4 Å². The fourth-order valence-electron chi connectivity index (χ4n) is 6.04. The van der Waals surface area contributed by atoms with E-state index in [2.05, 4.69) is 0 Å². The number of aliphatic hydroxyl groups is 1. The van der Waals surface area contributed by atoms with Crippen LogP contribution < -0.4 is 9.64 Å². The Morgan fingerprint density at radius 1 is 1.08 bits per heavy atom. The van der Waals surface area contributed by atoms with Crippen LogP contribution in [0.15, 0.2) is 48.6 Å². The highest BCUT2D eigenvalue weighted by molar-refractivity contribution is 6.05. The molecule has 4 aliphatic heterocycles. The Hall–Kier alpha value is -3.17. The average molecular weight is 511 g/mol. The summed E-state index contributed by atoms with van der Waals surface area (Å²) in [6.45, 7) is 0.872. The number of nitrogens with zero attached hydrogens (tertiary/aromatic N) is 2. The molecule has 198 valence electrons. The molecule has 9 nitrogen and oxygen atoms in total. The van der Waals surface area contributed by atoms with Gasteiger partial charge in [-0.3, -0.25) is 14.4 Å². The Morgan fingerprint density at radius 3 is 2.65 bits per heavy atom. The van der Waals surface area contributed by atoms with Crippen molar-refractivity contribution in [3.8, 4) is 5.75 Å². The summed E-state index contributed by atoms with van der Waals surface area (Å²) in [4.78, 5) is 44.7. The lowest BCUT2D eigenvalue weighted by Gasteiger charge is -2.35. The SMILES string of the molecule is COc1ccc(N2CC=C[C@]34O[C@@H]5/C=C\CCCCOC(=O)[C@@H]5[C@H]3C(=O)N(CCCCO)C4C2=O)cc1. The summed E-state index contributed by atoms with van der Waals surface area (Å²) in [6.07, 6.45) is 10.4. The number of likely N-dealkylation sites (tertiary alicyclic amines) is 1. The number of hydrogen-bond donors (Lipinski definition) is 1. The van der Waals surface area contributed by atoms with Crippen LogP contribution in [-0.4, -0.2) is 79.0 Å². The minimum Gasteiger partial charge on any atom is -0.497 e. The van der Waals surface area contributed by atoms with Gasteiger partial charge in [-0.05, 0) is 56.4 Å². The van der Waals surface area contributed by atoms with E-state index in [-0.39, 0.29) is 25.0 Å². The molecule has 0 aromatic heterocycles. The summed E-state index contributed by atoms with van der Waals surface area (Å²) >= 11 is 0. The molecule has 2 saturated heterocycles. The topological polar surface area (TPSA) is 106 Å². The molecule has 0 bridgehead atoms. The van der Waals surface area contributed by atoms with Gasteiger partial charge in [0.2, 0.25) is 5.91 Å². The molecule has 5 rings (SSSR count). The van der Waals surface area contributed by atoms with E-state index < -0.39 is 35.6 Å².